The van der Waals surface area contributed by atoms with Crippen LogP contribution in [0.1, 0.15) is 30.4 Å². The maximum atomic E-state index is 10.6. The van der Waals surface area contributed by atoms with E-state index in [9.17, 15) is 4.79 Å². The zero-order valence-corrected chi connectivity index (χ0v) is 9.66. The highest BCUT2D eigenvalue weighted by Gasteiger charge is 2.15. The Morgan fingerprint density at radius 2 is 1.87 bits per heavy atom. The molecule has 2 nitrogen and oxygen atoms in total. The third kappa shape index (κ3) is 3.56. The summed E-state index contributed by atoms with van der Waals surface area (Å²) in [5.41, 5.74) is 1.85. The lowest BCUT2D eigenvalue weighted by atomic mass is 10.0. The summed E-state index contributed by atoms with van der Waals surface area (Å²) >= 11 is 5.70. The lowest BCUT2D eigenvalue weighted by Crippen LogP contribution is -2.05. The van der Waals surface area contributed by atoms with Crippen LogP contribution in [0.15, 0.2) is 24.3 Å². The summed E-state index contributed by atoms with van der Waals surface area (Å²) < 4.78 is 0. The maximum Gasteiger partial charge on any atom is 0.326 e. The van der Waals surface area contributed by atoms with Crippen LogP contribution >= 0.6 is 11.6 Å². The summed E-state index contributed by atoms with van der Waals surface area (Å²) in [6.45, 7) is 4.30. The van der Waals surface area contributed by atoms with Crippen molar-refractivity contribution < 1.29 is 9.90 Å². The van der Waals surface area contributed by atoms with Gasteiger partial charge in [-0.05, 0) is 23.5 Å². The molecule has 1 atom stereocenters. The van der Waals surface area contributed by atoms with E-state index < -0.39 is 11.3 Å². The van der Waals surface area contributed by atoms with E-state index in [-0.39, 0.29) is 0 Å². The monoisotopic (exact) mass is 226 g/mol. The molecule has 0 aromatic heterocycles. The molecule has 0 aliphatic carbocycles. The molecule has 0 radical (unpaired) electrons. The van der Waals surface area contributed by atoms with Crippen LogP contribution in [-0.4, -0.2) is 11.1 Å². The van der Waals surface area contributed by atoms with Crippen LogP contribution in [0.5, 0.6) is 0 Å². The second-order valence-corrected chi connectivity index (χ2v) is 4.48. The van der Waals surface area contributed by atoms with Crippen LogP contribution in [0.3, 0.4) is 0 Å². The highest BCUT2D eigenvalue weighted by atomic mass is 35.5. The number of hydrogen-bond acceptors (Lipinski definition) is 1. The van der Waals surface area contributed by atoms with Crippen molar-refractivity contribution >= 4 is 17.6 Å². The van der Waals surface area contributed by atoms with Crippen molar-refractivity contribution in [2.24, 2.45) is 5.92 Å². The Morgan fingerprint density at radius 3 is 2.27 bits per heavy atom. The summed E-state index contributed by atoms with van der Waals surface area (Å²) in [6, 6.07) is 7.44. The van der Waals surface area contributed by atoms with Gasteiger partial charge in [-0.25, -0.2) is 0 Å². The van der Waals surface area contributed by atoms with Crippen LogP contribution in [-0.2, 0) is 11.2 Å². The molecule has 1 N–H and O–H groups in total. The molecule has 0 aliphatic rings. The van der Waals surface area contributed by atoms with E-state index in [4.69, 9.17) is 16.7 Å². The number of alkyl halides is 1. The number of benzene rings is 1. The summed E-state index contributed by atoms with van der Waals surface area (Å²) in [7, 11) is 0. The molecule has 3 heteroatoms. The van der Waals surface area contributed by atoms with E-state index in [1.807, 2.05) is 12.1 Å². The van der Waals surface area contributed by atoms with Gasteiger partial charge in [0.05, 0.1) is 0 Å². The molecule has 1 rings (SSSR count). The molecule has 82 valence electrons. The quantitative estimate of drug-likeness (QED) is 0.801. The van der Waals surface area contributed by atoms with Crippen molar-refractivity contribution in [2.45, 2.75) is 25.6 Å². The third-order valence-electron chi connectivity index (χ3n) is 2.13. The fourth-order valence-electron chi connectivity index (χ4n) is 1.44. The summed E-state index contributed by atoms with van der Waals surface area (Å²) in [5.74, 6) is -0.407. The highest BCUT2D eigenvalue weighted by molar-refractivity contribution is 6.29. The second-order valence-electron chi connectivity index (χ2n) is 4.04. The molecule has 0 unspecified atom stereocenters. The molecule has 0 fully saturated rings. The van der Waals surface area contributed by atoms with Crippen molar-refractivity contribution in [3.63, 3.8) is 0 Å². The number of aliphatic carboxylic acids is 1. The van der Waals surface area contributed by atoms with Crippen LogP contribution in [0, 0.1) is 5.92 Å². The lowest BCUT2D eigenvalue weighted by molar-refractivity contribution is -0.136. The Morgan fingerprint density at radius 1 is 1.33 bits per heavy atom. The minimum Gasteiger partial charge on any atom is -0.480 e. The van der Waals surface area contributed by atoms with Crippen LogP contribution < -0.4 is 0 Å². The molecule has 0 saturated heterocycles. The fourth-order valence-corrected chi connectivity index (χ4v) is 1.58. The van der Waals surface area contributed by atoms with Crippen molar-refractivity contribution in [1.82, 2.24) is 0 Å². The van der Waals surface area contributed by atoms with E-state index >= 15 is 0 Å². The fraction of sp³-hybridized carbons (Fsp3) is 0.417. The van der Waals surface area contributed by atoms with Gasteiger partial charge >= 0.3 is 5.97 Å². The summed E-state index contributed by atoms with van der Waals surface area (Å²) in [5, 5.41) is 7.77. The minimum absolute atomic E-state index is 0.599. The van der Waals surface area contributed by atoms with Gasteiger partial charge in [0, 0.05) is 0 Å². The van der Waals surface area contributed by atoms with Crippen molar-refractivity contribution in [2.75, 3.05) is 0 Å². The Bertz CT molecular complexity index is 330. The molecule has 1 aromatic carbocycles. The predicted octanol–water partition coefficient (Wildman–Crippen LogP) is 3.25. The van der Waals surface area contributed by atoms with E-state index in [1.165, 1.54) is 5.56 Å². The average molecular weight is 227 g/mol. The van der Waals surface area contributed by atoms with Crippen molar-refractivity contribution in [3.8, 4) is 0 Å². The number of hydrogen-bond donors (Lipinski definition) is 1. The standard InChI is InChI=1S/C12H15ClO2/c1-8(2)7-9-3-5-10(6-4-9)11(13)12(14)15/h3-6,8,11H,7H2,1-2H3,(H,14,15)/t11-/m0/s1. The Hall–Kier alpha value is -1.02. The number of carboxylic acids is 1. The van der Waals surface area contributed by atoms with Gasteiger partial charge in [-0.1, -0.05) is 38.1 Å². The minimum atomic E-state index is -1.01. The normalized spacial score (nSPS) is 12.8. The highest BCUT2D eigenvalue weighted by Crippen LogP contribution is 2.21. The van der Waals surface area contributed by atoms with E-state index in [0.29, 0.717) is 11.5 Å². The zero-order valence-electron chi connectivity index (χ0n) is 8.90. The van der Waals surface area contributed by atoms with Crippen LogP contribution in [0.4, 0.5) is 0 Å². The van der Waals surface area contributed by atoms with Gasteiger partial charge in [-0.3, -0.25) is 4.79 Å². The first-order chi connectivity index (χ1) is 7.00. The van der Waals surface area contributed by atoms with E-state index in [1.54, 1.807) is 12.1 Å². The average Bonchev–Trinajstić information content (AvgIpc) is 2.17. The lowest BCUT2D eigenvalue weighted by Gasteiger charge is -2.07. The number of rotatable bonds is 4. The SMILES string of the molecule is CC(C)Cc1ccc([C@H](Cl)C(=O)O)cc1. The molecule has 1 aromatic rings. The molecule has 0 bridgehead atoms. The molecule has 0 amide bonds. The largest absolute Gasteiger partial charge is 0.480 e. The maximum absolute atomic E-state index is 10.6. The molecule has 0 saturated carbocycles. The molecular weight excluding hydrogens is 212 g/mol. The molecule has 0 aliphatic heterocycles. The first-order valence-electron chi connectivity index (χ1n) is 4.96. The summed E-state index contributed by atoms with van der Waals surface area (Å²) in [6.07, 6.45) is 1.00. The smallest absolute Gasteiger partial charge is 0.326 e. The number of carboxylic acid groups (broad SMARTS) is 1. The first-order valence-corrected chi connectivity index (χ1v) is 5.40. The third-order valence-corrected chi connectivity index (χ3v) is 2.57. The number of carbonyl (C=O) groups is 1. The molecule has 15 heavy (non-hydrogen) atoms. The van der Waals surface area contributed by atoms with Gasteiger partial charge in [0.1, 0.15) is 0 Å². The Balaban J connectivity index is 2.76. The Labute approximate surface area is 94.9 Å². The van der Waals surface area contributed by atoms with E-state index in [2.05, 4.69) is 13.8 Å². The molecule has 0 spiro atoms. The van der Waals surface area contributed by atoms with E-state index in [0.717, 1.165) is 6.42 Å². The second kappa shape index (κ2) is 5.17. The number of halogens is 1. The van der Waals surface area contributed by atoms with Gasteiger partial charge in [-0.15, -0.1) is 11.6 Å². The van der Waals surface area contributed by atoms with Gasteiger partial charge in [0.2, 0.25) is 0 Å². The van der Waals surface area contributed by atoms with Gasteiger partial charge in [-0.2, -0.15) is 0 Å². The van der Waals surface area contributed by atoms with Crippen molar-refractivity contribution in [1.29, 1.82) is 0 Å². The zero-order chi connectivity index (χ0) is 11.4. The first kappa shape index (κ1) is 12.1. The predicted molar refractivity (Wildman–Crippen MR) is 61.2 cm³/mol. The van der Waals surface area contributed by atoms with Crippen molar-refractivity contribution in [3.05, 3.63) is 35.4 Å². The molecular formula is C12H15ClO2. The topological polar surface area (TPSA) is 37.3 Å². The molecule has 0 heterocycles. The van der Waals surface area contributed by atoms with Gasteiger partial charge < -0.3 is 5.11 Å². The van der Waals surface area contributed by atoms with Gasteiger partial charge in [0.15, 0.2) is 5.38 Å². The van der Waals surface area contributed by atoms with Crippen LogP contribution in [0.2, 0.25) is 0 Å². The van der Waals surface area contributed by atoms with Gasteiger partial charge in [0.25, 0.3) is 0 Å². The Kier molecular flexibility index (Phi) is 4.15. The summed E-state index contributed by atoms with van der Waals surface area (Å²) in [4.78, 5) is 10.6. The van der Waals surface area contributed by atoms with Crippen LogP contribution in [0.25, 0.3) is 0 Å².